The largest absolute Gasteiger partial charge is 0.476 e. The summed E-state index contributed by atoms with van der Waals surface area (Å²) in [7, 11) is 2.12. The summed E-state index contributed by atoms with van der Waals surface area (Å²) in [5, 5.41) is 14.0. The smallest absolute Gasteiger partial charge is 0.238 e. The van der Waals surface area contributed by atoms with Crippen LogP contribution in [0.25, 0.3) is 10.9 Å². The van der Waals surface area contributed by atoms with Gasteiger partial charge in [-0.15, -0.1) is 0 Å². The maximum absolute atomic E-state index is 9.78. The van der Waals surface area contributed by atoms with Crippen molar-refractivity contribution in [3.63, 3.8) is 0 Å². The van der Waals surface area contributed by atoms with Gasteiger partial charge in [0.15, 0.2) is 5.82 Å². The molecule has 3 aromatic heterocycles. The van der Waals surface area contributed by atoms with Crippen LogP contribution in [0.15, 0.2) is 24.5 Å². The molecule has 1 fully saturated rings. The molecule has 0 unspecified atom stereocenters. The summed E-state index contributed by atoms with van der Waals surface area (Å²) in [5.74, 6) is 1.84. The molecule has 2 aliphatic rings. The van der Waals surface area contributed by atoms with Crippen LogP contribution in [0.1, 0.15) is 31.0 Å². The SMILES string of the molecule is CCOc1nc2c(cc1Nc1ncc3ccnc(N4CCC[C@H]4CO)c3n1)CN(C)CC2. The monoisotopic (exact) mass is 435 g/mol. The molecule has 32 heavy (non-hydrogen) atoms. The summed E-state index contributed by atoms with van der Waals surface area (Å²) in [5.41, 5.74) is 3.82. The lowest BCUT2D eigenvalue weighted by Crippen LogP contribution is -2.33. The van der Waals surface area contributed by atoms with Gasteiger partial charge in [0.25, 0.3) is 0 Å². The topological polar surface area (TPSA) is 99.5 Å². The lowest BCUT2D eigenvalue weighted by atomic mass is 10.1. The van der Waals surface area contributed by atoms with E-state index in [0.717, 1.165) is 67.0 Å². The Morgan fingerprint density at radius 1 is 1.25 bits per heavy atom. The van der Waals surface area contributed by atoms with Gasteiger partial charge in [0.05, 0.1) is 24.9 Å². The molecule has 5 rings (SSSR count). The van der Waals surface area contributed by atoms with Gasteiger partial charge in [-0.25, -0.2) is 19.9 Å². The van der Waals surface area contributed by atoms with Crippen molar-refractivity contribution in [1.29, 1.82) is 0 Å². The normalized spacial score (nSPS) is 18.7. The van der Waals surface area contributed by atoms with Crippen LogP contribution in [0.2, 0.25) is 0 Å². The number of hydrogen-bond donors (Lipinski definition) is 2. The number of rotatable bonds is 6. The Morgan fingerprint density at radius 2 is 2.16 bits per heavy atom. The molecule has 2 N–H and O–H groups in total. The van der Waals surface area contributed by atoms with Gasteiger partial charge in [0, 0.05) is 43.8 Å². The number of aliphatic hydroxyl groups is 1. The van der Waals surface area contributed by atoms with E-state index in [1.54, 1.807) is 12.4 Å². The molecule has 0 bridgehead atoms. The second-order valence-corrected chi connectivity index (χ2v) is 8.43. The average molecular weight is 436 g/mol. The van der Waals surface area contributed by atoms with Gasteiger partial charge in [-0.05, 0) is 44.5 Å². The molecule has 9 heteroatoms. The Morgan fingerprint density at radius 3 is 3.00 bits per heavy atom. The van der Waals surface area contributed by atoms with Crippen molar-refractivity contribution < 1.29 is 9.84 Å². The van der Waals surface area contributed by atoms with Crippen LogP contribution >= 0.6 is 0 Å². The summed E-state index contributed by atoms with van der Waals surface area (Å²) < 4.78 is 5.83. The highest BCUT2D eigenvalue weighted by atomic mass is 16.5. The fraction of sp³-hybridized carbons (Fsp3) is 0.478. The Bertz CT molecular complexity index is 1120. The van der Waals surface area contributed by atoms with Gasteiger partial charge in [0.1, 0.15) is 11.2 Å². The third kappa shape index (κ3) is 3.93. The average Bonchev–Trinajstić information content (AvgIpc) is 3.28. The highest BCUT2D eigenvalue weighted by molar-refractivity contribution is 5.89. The van der Waals surface area contributed by atoms with Gasteiger partial charge in [-0.1, -0.05) is 0 Å². The lowest BCUT2D eigenvalue weighted by molar-refractivity contribution is 0.266. The number of ether oxygens (including phenoxy) is 1. The van der Waals surface area contributed by atoms with Crippen molar-refractivity contribution in [2.24, 2.45) is 0 Å². The summed E-state index contributed by atoms with van der Waals surface area (Å²) in [6.45, 7) is 5.31. The molecule has 0 aliphatic carbocycles. The zero-order valence-electron chi connectivity index (χ0n) is 18.6. The molecule has 3 aromatic rings. The maximum Gasteiger partial charge on any atom is 0.238 e. The van der Waals surface area contributed by atoms with Crippen LogP contribution < -0.4 is 15.0 Å². The lowest BCUT2D eigenvalue weighted by Gasteiger charge is -2.26. The van der Waals surface area contributed by atoms with E-state index in [1.165, 1.54) is 5.56 Å². The highest BCUT2D eigenvalue weighted by Crippen LogP contribution is 2.32. The number of nitrogens with zero attached hydrogens (tertiary/aromatic N) is 6. The Labute approximate surface area is 187 Å². The molecule has 168 valence electrons. The molecule has 2 aliphatic heterocycles. The first kappa shape index (κ1) is 20.8. The van der Waals surface area contributed by atoms with E-state index in [-0.39, 0.29) is 12.6 Å². The van der Waals surface area contributed by atoms with Crippen molar-refractivity contribution in [2.45, 2.75) is 38.8 Å². The van der Waals surface area contributed by atoms with E-state index in [1.807, 2.05) is 13.0 Å². The first-order chi connectivity index (χ1) is 15.7. The van der Waals surface area contributed by atoms with Gasteiger partial charge in [0.2, 0.25) is 11.8 Å². The van der Waals surface area contributed by atoms with Crippen molar-refractivity contribution in [3.05, 3.63) is 35.8 Å². The number of pyridine rings is 2. The zero-order valence-corrected chi connectivity index (χ0v) is 18.6. The van der Waals surface area contributed by atoms with E-state index in [2.05, 4.69) is 38.2 Å². The number of aromatic nitrogens is 4. The van der Waals surface area contributed by atoms with Gasteiger partial charge < -0.3 is 25.0 Å². The zero-order chi connectivity index (χ0) is 22.1. The first-order valence-electron chi connectivity index (χ1n) is 11.3. The predicted octanol–water partition coefficient (Wildman–Crippen LogP) is 2.51. The van der Waals surface area contributed by atoms with Crippen LogP contribution in [-0.2, 0) is 13.0 Å². The number of hydrogen-bond acceptors (Lipinski definition) is 9. The second kappa shape index (κ2) is 8.84. The Kier molecular flexibility index (Phi) is 5.75. The third-order valence-electron chi connectivity index (χ3n) is 6.19. The minimum Gasteiger partial charge on any atom is -0.476 e. The van der Waals surface area contributed by atoms with Crippen molar-refractivity contribution in [2.75, 3.05) is 43.6 Å². The first-order valence-corrected chi connectivity index (χ1v) is 11.3. The van der Waals surface area contributed by atoms with Gasteiger partial charge >= 0.3 is 0 Å². The van der Waals surface area contributed by atoms with Crippen molar-refractivity contribution in [1.82, 2.24) is 24.8 Å². The minimum absolute atomic E-state index is 0.0749. The van der Waals surface area contributed by atoms with Gasteiger partial charge in [-0.2, -0.15) is 0 Å². The van der Waals surface area contributed by atoms with E-state index in [0.29, 0.717) is 18.4 Å². The summed E-state index contributed by atoms with van der Waals surface area (Å²) in [6, 6.07) is 4.09. The molecule has 0 radical (unpaired) electrons. The van der Waals surface area contributed by atoms with E-state index in [4.69, 9.17) is 14.7 Å². The quantitative estimate of drug-likeness (QED) is 0.605. The summed E-state index contributed by atoms with van der Waals surface area (Å²) >= 11 is 0. The van der Waals surface area contributed by atoms with E-state index < -0.39 is 0 Å². The Hall–Kier alpha value is -3.04. The maximum atomic E-state index is 9.78. The number of fused-ring (bicyclic) bond motifs is 2. The molecule has 1 saturated heterocycles. The molecular formula is C23H29N7O2. The third-order valence-corrected chi connectivity index (χ3v) is 6.19. The highest BCUT2D eigenvalue weighted by Gasteiger charge is 2.27. The molecule has 0 amide bonds. The van der Waals surface area contributed by atoms with Crippen LogP contribution in [0, 0.1) is 0 Å². The van der Waals surface area contributed by atoms with Gasteiger partial charge in [-0.3, -0.25) is 0 Å². The van der Waals surface area contributed by atoms with Crippen molar-refractivity contribution >= 4 is 28.4 Å². The molecule has 0 saturated carbocycles. The number of aliphatic hydroxyl groups excluding tert-OH is 1. The molecular weight excluding hydrogens is 406 g/mol. The Balaban J connectivity index is 1.52. The van der Waals surface area contributed by atoms with Crippen LogP contribution in [0.5, 0.6) is 5.88 Å². The van der Waals surface area contributed by atoms with Crippen LogP contribution in [-0.4, -0.2) is 69.3 Å². The number of likely N-dealkylation sites (N-methyl/N-ethyl adjacent to an activating group) is 1. The molecule has 0 spiro atoms. The van der Waals surface area contributed by atoms with Crippen LogP contribution in [0.3, 0.4) is 0 Å². The molecule has 5 heterocycles. The van der Waals surface area contributed by atoms with Crippen molar-refractivity contribution in [3.8, 4) is 5.88 Å². The number of anilines is 3. The fourth-order valence-corrected chi connectivity index (χ4v) is 4.57. The second-order valence-electron chi connectivity index (χ2n) is 8.43. The fourth-order valence-electron chi connectivity index (χ4n) is 4.57. The van der Waals surface area contributed by atoms with E-state index >= 15 is 0 Å². The number of nitrogens with one attached hydrogen (secondary N) is 1. The molecule has 1 atom stereocenters. The molecule has 0 aromatic carbocycles. The molecule has 9 nitrogen and oxygen atoms in total. The standard InChI is InChI=1S/C23H29N7O2/c1-3-32-22-19(11-16-13-29(2)10-7-18(16)26-22)27-23-25-12-15-6-8-24-21(20(15)28-23)30-9-4-5-17(30)14-31/h6,8,11-12,17,31H,3-5,7,9-10,13-14H2,1-2H3,(H,25,27,28)/t17-/m0/s1. The van der Waals surface area contributed by atoms with Crippen LogP contribution in [0.4, 0.5) is 17.5 Å². The predicted molar refractivity (Wildman–Crippen MR) is 124 cm³/mol. The minimum atomic E-state index is 0.0749. The summed E-state index contributed by atoms with van der Waals surface area (Å²) in [4.78, 5) is 23.2. The van der Waals surface area contributed by atoms with E-state index in [9.17, 15) is 5.11 Å². The summed E-state index contributed by atoms with van der Waals surface area (Å²) in [6.07, 6.45) is 6.48.